The summed E-state index contributed by atoms with van der Waals surface area (Å²) in [6.07, 6.45) is 1.62. The minimum absolute atomic E-state index is 0. The molecular formula is C18H14Cl2FN5O. The molecule has 3 heterocycles. The van der Waals surface area contributed by atoms with Crippen molar-refractivity contribution in [3.05, 3.63) is 58.9 Å². The first kappa shape index (κ1) is 19.0. The van der Waals surface area contributed by atoms with Crippen LogP contribution < -0.4 is 5.32 Å². The van der Waals surface area contributed by atoms with Crippen LogP contribution >= 0.6 is 24.0 Å². The minimum atomic E-state index is -0.484. The number of rotatable bonds is 3. The molecule has 0 radical (unpaired) electrons. The van der Waals surface area contributed by atoms with Gasteiger partial charge in [0.1, 0.15) is 5.82 Å². The Bertz CT molecular complexity index is 1130. The van der Waals surface area contributed by atoms with Gasteiger partial charge in [0, 0.05) is 23.0 Å². The van der Waals surface area contributed by atoms with E-state index >= 15 is 0 Å². The van der Waals surface area contributed by atoms with Crippen LogP contribution in [0.15, 0.2) is 41.1 Å². The van der Waals surface area contributed by atoms with Crippen molar-refractivity contribution in [2.24, 2.45) is 0 Å². The van der Waals surface area contributed by atoms with Crippen molar-refractivity contribution < 1.29 is 8.91 Å². The number of hydrogen-bond acceptors (Lipinski definition) is 6. The molecule has 0 spiro atoms. The van der Waals surface area contributed by atoms with Gasteiger partial charge in [-0.15, -0.1) is 12.4 Å². The Morgan fingerprint density at radius 1 is 1.11 bits per heavy atom. The van der Waals surface area contributed by atoms with Gasteiger partial charge in [-0.05, 0) is 44.2 Å². The fraction of sp³-hybridized carbons (Fsp3) is 0.111. The van der Waals surface area contributed by atoms with Crippen LogP contribution in [0.4, 0.5) is 15.8 Å². The molecule has 6 nitrogen and oxygen atoms in total. The summed E-state index contributed by atoms with van der Waals surface area (Å²) in [5.74, 6) is 0.355. The Balaban J connectivity index is 0.00000210. The van der Waals surface area contributed by atoms with Crippen molar-refractivity contribution in [3.63, 3.8) is 0 Å². The second-order valence-corrected chi connectivity index (χ2v) is 6.18. The molecule has 0 atom stereocenters. The fourth-order valence-corrected chi connectivity index (χ4v) is 2.77. The van der Waals surface area contributed by atoms with Crippen LogP contribution in [0.3, 0.4) is 0 Å². The van der Waals surface area contributed by atoms with Crippen molar-refractivity contribution in [1.29, 1.82) is 0 Å². The Morgan fingerprint density at radius 2 is 1.93 bits per heavy atom. The summed E-state index contributed by atoms with van der Waals surface area (Å²) in [4.78, 5) is 13.1. The molecule has 0 aliphatic rings. The highest BCUT2D eigenvalue weighted by molar-refractivity contribution is 6.31. The number of nitrogens with one attached hydrogen (secondary N) is 1. The molecule has 3 aromatic heterocycles. The van der Waals surface area contributed by atoms with Crippen LogP contribution in [0.1, 0.15) is 11.5 Å². The molecular weight excluding hydrogens is 392 g/mol. The van der Waals surface area contributed by atoms with Crippen LogP contribution in [-0.2, 0) is 0 Å². The van der Waals surface area contributed by atoms with Gasteiger partial charge in [0.2, 0.25) is 0 Å². The third-order valence-corrected chi connectivity index (χ3v) is 4.11. The summed E-state index contributed by atoms with van der Waals surface area (Å²) < 4.78 is 18.8. The number of aryl methyl sites for hydroxylation is 2. The number of hydrogen-bond donors (Lipinski definition) is 1. The standard InChI is InChI=1S/C18H13ClFN5O.ClH/c1-9-3-5-12-16(24-11-4-6-15(20)14(19)7-11)13(8-21-17(12)22-9)18-23-10(2)25-26-18;/h3-8H,1-2H3,(H,21,22,24);1H. The van der Waals surface area contributed by atoms with E-state index in [0.29, 0.717) is 34.3 Å². The highest BCUT2D eigenvalue weighted by atomic mass is 35.5. The zero-order valence-corrected chi connectivity index (χ0v) is 15.9. The van der Waals surface area contributed by atoms with Gasteiger partial charge in [-0.25, -0.2) is 14.4 Å². The van der Waals surface area contributed by atoms with E-state index in [1.54, 1.807) is 19.2 Å². The number of anilines is 2. The van der Waals surface area contributed by atoms with E-state index in [9.17, 15) is 4.39 Å². The average Bonchev–Trinajstić information content (AvgIpc) is 3.04. The van der Waals surface area contributed by atoms with E-state index in [0.717, 1.165) is 11.1 Å². The number of fused-ring (bicyclic) bond motifs is 1. The second-order valence-electron chi connectivity index (χ2n) is 5.77. The third kappa shape index (κ3) is 3.70. The summed E-state index contributed by atoms with van der Waals surface area (Å²) in [5, 5.41) is 7.88. The zero-order chi connectivity index (χ0) is 18.3. The number of nitrogens with zero attached hydrogens (tertiary/aromatic N) is 4. The molecule has 0 saturated carbocycles. The zero-order valence-electron chi connectivity index (χ0n) is 14.3. The summed E-state index contributed by atoms with van der Waals surface area (Å²) >= 11 is 5.90. The summed E-state index contributed by atoms with van der Waals surface area (Å²) in [6, 6.07) is 8.19. The summed E-state index contributed by atoms with van der Waals surface area (Å²) in [7, 11) is 0. The van der Waals surface area contributed by atoms with E-state index in [2.05, 4.69) is 25.4 Å². The van der Waals surface area contributed by atoms with Crippen molar-refractivity contribution in [2.75, 3.05) is 5.32 Å². The van der Waals surface area contributed by atoms with Gasteiger partial charge in [0.25, 0.3) is 5.89 Å². The van der Waals surface area contributed by atoms with Crippen LogP contribution in [0, 0.1) is 19.7 Å². The lowest BCUT2D eigenvalue weighted by Gasteiger charge is -2.13. The number of halogens is 3. The number of pyridine rings is 2. The van der Waals surface area contributed by atoms with Crippen molar-refractivity contribution in [2.45, 2.75) is 13.8 Å². The Hall–Kier alpha value is -2.77. The second kappa shape index (κ2) is 7.46. The van der Waals surface area contributed by atoms with Crippen molar-refractivity contribution >= 4 is 46.4 Å². The monoisotopic (exact) mass is 405 g/mol. The molecule has 0 aliphatic heterocycles. The highest BCUT2D eigenvalue weighted by Gasteiger charge is 2.17. The summed E-state index contributed by atoms with van der Waals surface area (Å²) in [5.41, 5.74) is 3.32. The van der Waals surface area contributed by atoms with E-state index < -0.39 is 5.82 Å². The lowest BCUT2D eigenvalue weighted by atomic mass is 10.1. The lowest BCUT2D eigenvalue weighted by Crippen LogP contribution is -1.99. The Morgan fingerprint density at radius 3 is 2.63 bits per heavy atom. The van der Waals surface area contributed by atoms with Crippen LogP contribution in [0.25, 0.3) is 22.5 Å². The maximum absolute atomic E-state index is 13.5. The largest absolute Gasteiger partial charge is 0.354 e. The molecule has 4 rings (SSSR count). The van der Waals surface area contributed by atoms with Crippen LogP contribution in [0.2, 0.25) is 5.02 Å². The Labute approximate surface area is 165 Å². The smallest absolute Gasteiger partial charge is 0.261 e. The molecule has 138 valence electrons. The van der Waals surface area contributed by atoms with Gasteiger partial charge >= 0.3 is 0 Å². The molecule has 1 N–H and O–H groups in total. The average molecular weight is 406 g/mol. The molecule has 4 aromatic rings. The highest BCUT2D eigenvalue weighted by Crippen LogP contribution is 2.35. The first-order valence-electron chi connectivity index (χ1n) is 7.80. The van der Waals surface area contributed by atoms with E-state index in [1.807, 2.05) is 19.1 Å². The van der Waals surface area contributed by atoms with Gasteiger partial charge in [0.05, 0.1) is 16.3 Å². The van der Waals surface area contributed by atoms with E-state index in [4.69, 9.17) is 16.1 Å². The number of benzene rings is 1. The van der Waals surface area contributed by atoms with E-state index in [1.165, 1.54) is 12.1 Å². The maximum atomic E-state index is 13.5. The quantitative estimate of drug-likeness (QED) is 0.501. The lowest BCUT2D eigenvalue weighted by molar-refractivity contribution is 0.425. The third-order valence-electron chi connectivity index (χ3n) is 3.82. The fourth-order valence-electron chi connectivity index (χ4n) is 2.59. The SMILES string of the molecule is Cc1ccc2c(Nc3ccc(F)c(Cl)c3)c(-c3nc(C)no3)cnc2n1.Cl. The molecule has 0 aliphatic carbocycles. The van der Waals surface area contributed by atoms with Crippen LogP contribution in [0.5, 0.6) is 0 Å². The number of aromatic nitrogens is 4. The van der Waals surface area contributed by atoms with E-state index in [-0.39, 0.29) is 17.4 Å². The normalized spacial score (nSPS) is 10.7. The molecule has 9 heteroatoms. The Kier molecular flexibility index (Phi) is 5.25. The van der Waals surface area contributed by atoms with Gasteiger partial charge < -0.3 is 9.84 Å². The molecule has 0 fully saturated rings. The predicted octanol–water partition coefficient (Wildman–Crippen LogP) is 5.25. The molecule has 0 saturated heterocycles. The molecule has 0 bridgehead atoms. The van der Waals surface area contributed by atoms with Crippen molar-refractivity contribution in [3.8, 4) is 11.5 Å². The first-order chi connectivity index (χ1) is 12.5. The maximum Gasteiger partial charge on any atom is 0.261 e. The van der Waals surface area contributed by atoms with Crippen LogP contribution in [-0.4, -0.2) is 20.1 Å². The topological polar surface area (TPSA) is 76.7 Å². The minimum Gasteiger partial charge on any atom is -0.354 e. The van der Waals surface area contributed by atoms with Gasteiger partial charge in [-0.2, -0.15) is 4.98 Å². The van der Waals surface area contributed by atoms with Gasteiger partial charge in [-0.1, -0.05) is 16.8 Å². The summed E-state index contributed by atoms with van der Waals surface area (Å²) in [6.45, 7) is 3.63. The van der Waals surface area contributed by atoms with Gasteiger partial charge in [0.15, 0.2) is 11.5 Å². The molecule has 0 amide bonds. The first-order valence-corrected chi connectivity index (χ1v) is 8.18. The van der Waals surface area contributed by atoms with Gasteiger partial charge in [-0.3, -0.25) is 0 Å². The van der Waals surface area contributed by atoms with Crippen molar-refractivity contribution in [1.82, 2.24) is 20.1 Å². The predicted molar refractivity (Wildman–Crippen MR) is 104 cm³/mol. The molecule has 0 unspecified atom stereocenters. The molecule has 27 heavy (non-hydrogen) atoms. The molecule has 1 aromatic carbocycles.